The lowest BCUT2D eigenvalue weighted by atomic mass is 9.73. The van der Waals surface area contributed by atoms with Gasteiger partial charge >= 0.3 is 0 Å². The fraction of sp³-hybridized carbons (Fsp3) is 0.348. The monoisotopic (exact) mass is 420 g/mol. The number of carbonyl (C=O) groups is 1. The summed E-state index contributed by atoms with van der Waals surface area (Å²) in [6.45, 7) is 6.45. The molecule has 8 nitrogen and oxygen atoms in total. The number of ether oxygens (including phenoxy) is 1. The van der Waals surface area contributed by atoms with Crippen LogP contribution in [0.2, 0.25) is 0 Å². The van der Waals surface area contributed by atoms with Gasteiger partial charge in [0.2, 0.25) is 11.8 Å². The molecule has 8 heteroatoms. The molecule has 5 rings (SSSR count). The van der Waals surface area contributed by atoms with Gasteiger partial charge in [-0.1, -0.05) is 19.9 Å². The number of anilines is 1. The van der Waals surface area contributed by atoms with Crippen LogP contribution in [0.3, 0.4) is 0 Å². The lowest BCUT2D eigenvalue weighted by Gasteiger charge is -2.38. The number of furan rings is 1. The normalized spacial score (nSPS) is 19.6. The Balaban J connectivity index is 1.69. The second-order valence-electron chi connectivity index (χ2n) is 8.70. The number of hydrogen-bond acceptors (Lipinski definition) is 7. The van der Waals surface area contributed by atoms with E-state index in [-0.39, 0.29) is 16.9 Å². The molecule has 2 N–H and O–H groups in total. The van der Waals surface area contributed by atoms with Crippen LogP contribution in [0.4, 0.5) is 5.95 Å². The largest absolute Gasteiger partial charge is 0.504 e. The summed E-state index contributed by atoms with van der Waals surface area (Å²) in [6.07, 6.45) is 2.75. The Hall–Kier alpha value is -3.55. The van der Waals surface area contributed by atoms with Gasteiger partial charge in [-0.05, 0) is 48.6 Å². The van der Waals surface area contributed by atoms with E-state index in [9.17, 15) is 9.90 Å². The molecule has 1 unspecified atom stereocenters. The van der Waals surface area contributed by atoms with E-state index in [0.29, 0.717) is 41.9 Å². The van der Waals surface area contributed by atoms with Crippen molar-refractivity contribution >= 4 is 11.7 Å². The lowest BCUT2D eigenvalue weighted by molar-refractivity contribution is -0.118. The number of nitrogens with one attached hydrogen (secondary N) is 1. The zero-order valence-corrected chi connectivity index (χ0v) is 17.7. The lowest BCUT2D eigenvalue weighted by Crippen LogP contribution is -2.36. The number of hydrogen-bond donors (Lipinski definition) is 2. The van der Waals surface area contributed by atoms with Crippen molar-refractivity contribution in [2.45, 2.75) is 39.7 Å². The third kappa shape index (κ3) is 3.28. The van der Waals surface area contributed by atoms with Gasteiger partial charge in [0, 0.05) is 17.7 Å². The van der Waals surface area contributed by atoms with E-state index < -0.39 is 6.04 Å². The van der Waals surface area contributed by atoms with E-state index >= 15 is 0 Å². The summed E-state index contributed by atoms with van der Waals surface area (Å²) in [6, 6.07) is 8.25. The number of benzene rings is 1. The van der Waals surface area contributed by atoms with Gasteiger partial charge in [0.25, 0.3) is 0 Å². The van der Waals surface area contributed by atoms with Crippen LogP contribution in [0, 0.1) is 5.41 Å². The van der Waals surface area contributed by atoms with Crippen LogP contribution in [0.5, 0.6) is 11.5 Å². The summed E-state index contributed by atoms with van der Waals surface area (Å²) in [5.74, 6) is 2.04. The Labute approximate surface area is 179 Å². The number of phenols is 1. The second-order valence-corrected chi connectivity index (χ2v) is 8.70. The van der Waals surface area contributed by atoms with Crippen molar-refractivity contribution in [3.05, 3.63) is 53.4 Å². The Bertz CT molecular complexity index is 1190. The van der Waals surface area contributed by atoms with E-state index in [1.54, 1.807) is 41.3 Å². The minimum absolute atomic E-state index is 0.0555. The molecule has 1 aromatic carbocycles. The van der Waals surface area contributed by atoms with Crippen LogP contribution in [-0.4, -0.2) is 32.3 Å². The fourth-order valence-electron chi connectivity index (χ4n) is 4.40. The van der Waals surface area contributed by atoms with Crippen molar-refractivity contribution < 1.29 is 19.1 Å². The number of fused-ring (bicyclic) bond motifs is 1. The first-order chi connectivity index (χ1) is 14.9. The van der Waals surface area contributed by atoms with Crippen molar-refractivity contribution in [2.75, 3.05) is 11.9 Å². The van der Waals surface area contributed by atoms with Gasteiger partial charge in [-0.15, -0.1) is 5.10 Å². The van der Waals surface area contributed by atoms with Crippen LogP contribution in [0.15, 0.2) is 52.3 Å². The number of phenolic OH excluding ortho intramolecular Hbond substituents is 1. The zero-order chi connectivity index (χ0) is 21.8. The number of rotatable bonds is 4. The topological polar surface area (TPSA) is 102 Å². The van der Waals surface area contributed by atoms with Crippen LogP contribution >= 0.6 is 0 Å². The molecule has 1 aliphatic carbocycles. The predicted octanol–water partition coefficient (Wildman–Crippen LogP) is 4.30. The highest BCUT2D eigenvalue weighted by Crippen LogP contribution is 2.46. The van der Waals surface area contributed by atoms with Gasteiger partial charge in [-0.3, -0.25) is 4.79 Å². The molecular weight excluding hydrogens is 396 g/mol. The number of nitrogens with zero attached hydrogens (tertiary/aromatic N) is 3. The predicted molar refractivity (Wildman–Crippen MR) is 114 cm³/mol. The van der Waals surface area contributed by atoms with E-state index in [2.05, 4.69) is 29.2 Å². The van der Waals surface area contributed by atoms with Crippen molar-refractivity contribution in [1.29, 1.82) is 0 Å². The number of carbonyl (C=O) groups excluding carboxylic acids is 1. The molecule has 3 aromatic rings. The minimum atomic E-state index is -0.481. The molecule has 0 radical (unpaired) electrons. The molecule has 0 fully saturated rings. The fourth-order valence-corrected chi connectivity index (χ4v) is 4.40. The molecule has 3 heterocycles. The molecule has 0 saturated carbocycles. The third-order valence-electron chi connectivity index (χ3n) is 5.67. The van der Waals surface area contributed by atoms with E-state index in [1.807, 2.05) is 6.92 Å². The Morgan fingerprint density at radius 3 is 2.90 bits per heavy atom. The van der Waals surface area contributed by atoms with E-state index in [0.717, 1.165) is 17.7 Å². The van der Waals surface area contributed by atoms with E-state index in [4.69, 9.17) is 9.15 Å². The summed E-state index contributed by atoms with van der Waals surface area (Å²) in [5, 5.41) is 18.2. The third-order valence-corrected chi connectivity index (χ3v) is 5.67. The van der Waals surface area contributed by atoms with Gasteiger partial charge in [-0.25, -0.2) is 4.68 Å². The van der Waals surface area contributed by atoms with Crippen molar-refractivity contribution in [3.8, 4) is 23.1 Å². The average molecular weight is 420 g/mol. The molecular formula is C23H24N4O4. The molecule has 31 heavy (non-hydrogen) atoms. The summed E-state index contributed by atoms with van der Waals surface area (Å²) in [5.41, 5.74) is 2.18. The molecule has 0 bridgehead atoms. The SMILES string of the molecule is CCOc1cc(C2C3=C(CC(C)(C)CC3=O)Nc3nc(-c4ccco4)nn32)ccc1O. The van der Waals surface area contributed by atoms with Gasteiger partial charge in [0.15, 0.2) is 23.0 Å². The summed E-state index contributed by atoms with van der Waals surface area (Å²) in [4.78, 5) is 17.9. The summed E-state index contributed by atoms with van der Waals surface area (Å²) < 4.78 is 12.8. The quantitative estimate of drug-likeness (QED) is 0.649. The Morgan fingerprint density at radius 1 is 1.32 bits per heavy atom. The van der Waals surface area contributed by atoms with Gasteiger partial charge in [0.05, 0.1) is 12.9 Å². The smallest absolute Gasteiger partial charge is 0.227 e. The first kappa shape index (κ1) is 19.4. The van der Waals surface area contributed by atoms with Crippen LogP contribution in [0.25, 0.3) is 11.6 Å². The van der Waals surface area contributed by atoms with Crippen molar-refractivity contribution in [2.24, 2.45) is 5.41 Å². The number of ketones is 1. The first-order valence-electron chi connectivity index (χ1n) is 10.4. The molecule has 0 spiro atoms. The van der Waals surface area contributed by atoms with Crippen molar-refractivity contribution in [1.82, 2.24) is 14.8 Å². The molecule has 2 aromatic heterocycles. The van der Waals surface area contributed by atoms with Crippen molar-refractivity contribution in [3.63, 3.8) is 0 Å². The highest BCUT2D eigenvalue weighted by molar-refractivity contribution is 6.00. The highest BCUT2D eigenvalue weighted by Gasteiger charge is 2.42. The maximum absolute atomic E-state index is 13.3. The van der Waals surface area contributed by atoms with Gasteiger partial charge < -0.3 is 19.6 Å². The maximum atomic E-state index is 13.3. The zero-order valence-electron chi connectivity index (χ0n) is 17.7. The van der Waals surface area contributed by atoms with E-state index in [1.165, 1.54) is 0 Å². The molecule has 0 amide bonds. The minimum Gasteiger partial charge on any atom is -0.504 e. The first-order valence-corrected chi connectivity index (χ1v) is 10.4. The standard InChI is InChI=1S/C23H24N4O4/c1-4-30-18-10-13(7-8-15(18)28)20-19-14(11-23(2,3)12-16(19)29)24-22-25-21(26-27(20)22)17-6-5-9-31-17/h5-10,20,28H,4,11-12H2,1-3H3,(H,24,25,26). The van der Waals surface area contributed by atoms with Gasteiger partial charge in [0.1, 0.15) is 6.04 Å². The summed E-state index contributed by atoms with van der Waals surface area (Å²) >= 11 is 0. The molecule has 2 aliphatic rings. The number of Topliss-reactive ketones (excluding diaryl/α,β-unsaturated/α-hetero) is 1. The number of allylic oxidation sites excluding steroid dienone is 2. The summed E-state index contributed by atoms with van der Waals surface area (Å²) in [7, 11) is 0. The highest BCUT2D eigenvalue weighted by atomic mass is 16.5. The number of aromatic hydroxyl groups is 1. The Kier molecular flexibility index (Phi) is 4.39. The van der Waals surface area contributed by atoms with Gasteiger partial charge in [-0.2, -0.15) is 4.98 Å². The maximum Gasteiger partial charge on any atom is 0.227 e. The average Bonchev–Trinajstić information content (AvgIpc) is 3.36. The van der Waals surface area contributed by atoms with Crippen LogP contribution < -0.4 is 10.1 Å². The van der Waals surface area contributed by atoms with Crippen LogP contribution in [0.1, 0.15) is 45.2 Å². The molecule has 1 atom stereocenters. The Morgan fingerprint density at radius 2 is 2.16 bits per heavy atom. The molecule has 0 saturated heterocycles. The number of aromatic nitrogens is 3. The second kappa shape index (κ2) is 7.01. The molecule has 1 aliphatic heterocycles. The molecule has 160 valence electrons. The van der Waals surface area contributed by atoms with Crippen LogP contribution in [-0.2, 0) is 4.79 Å².